The van der Waals surface area contributed by atoms with Gasteiger partial charge in [-0.2, -0.15) is 5.06 Å². The van der Waals surface area contributed by atoms with Crippen LogP contribution in [0.1, 0.15) is 12.5 Å². The van der Waals surface area contributed by atoms with Gasteiger partial charge in [-0.05, 0) is 43.3 Å². The van der Waals surface area contributed by atoms with Crippen LogP contribution in [-0.2, 0) is 4.84 Å². The van der Waals surface area contributed by atoms with Gasteiger partial charge in [0.25, 0.3) is 0 Å². The lowest BCUT2D eigenvalue weighted by atomic mass is 10.1. The normalized spacial score (nSPS) is 16.0. The number of nitrogens with one attached hydrogen (secondary N) is 1. The van der Waals surface area contributed by atoms with E-state index in [1.54, 1.807) is 29.6 Å². The standard InChI is InChI=1S/C23H18FN5O/c1-15-26-22(18-5-3-2-4-6-18)29(30-15)23-27-20(16-7-9-19(24)10-8-16)21(28-23)17-11-13-25-14-12-17/h2-15H,1H3,(H,27,28). The summed E-state index contributed by atoms with van der Waals surface area (Å²) in [7, 11) is 0. The largest absolute Gasteiger partial charge is 0.321 e. The van der Waals surface area contributed by atoms with Gasteiger partial charge in [0.2, 0.25) is 5.95 Å². The molecule has 1 unspecified atom stereocenters. The zero-order valence-electron chi connectivity index (χ0n) is 16.2. The average Bonchev–Trinajstić information content (AvgIpc) is 3.39. The molecule has 0 bridgehead atoms. The second kappa shape index (κ2) is 7.53. The Kier molecular flexibility index (Phi) is 4.57. The van der Waals surface area contributed by atoms with Crippen molar-refractivity contribution in [3.05, 3.63) is 90.5 Å². The summed E-state index contributed by atoms with van der Waals surface area (Å²) in [6.07, 6.45) is 3.09. The number of benzene rings is 2. The zero-order chi connectivity index (χ0) is 20.5. The lowest BCUT2D eigenvalue weighted by Crippen LogP contribution is -2.28. The van der Waals surface area contributed by atoms with E-state index in [4.69, 9.17) is 9.82 Å². The first-order chi connectivity index (χ1) is 14.7. The minimum Gasteiger partial charge on any atom is -0.321 e. The number of amidine groups is 1. The third-order valence-corrected chi connectivity index (χ3v) is 4.76. The van der Waals surface area contributed by atoms with Crippen molar-refractivity contribution in [1.82, 2.24) is 15.0 Å². The van der Waals surface area contributed by atoms with E-state index in [9.17, 15) is 4.39 Å². The molecule has 2 aromatic carbocycles. The Morgan fingerprint density at radius 1 is 0.900 bits per heavy atom. The number of imidazole rings is 1. The Morgan fingerprint density at radius 2 is 1.63 bits per heavy atom. The highest BCUT2D eigenvalue weighted by Gasteiger charge is 2.30. The molecule has 1 N–H and O–H groups in total. The molecule has 1 aliphatic heterocycles. The molecule has 2 aromatic heterocycles. The third-order valence-electron chi connectivity index (χ3n) is 4.76. The maximum absolute atomic E-state index is 13.5. The number of hydroxylamine groups is 1. The summed E-state index contributed by atoms with van der Waals surface area (Å²) < 4.78 is 13.5. The van der Waals surface area contributed by atoms with E-state index < -0.39 is 0 Å². The summed E-state index contributed by atoms with van der Waals surface area (Å²) in [4.78, 5) is 22.8. The number of rotatable bonds is 4. The van der Waals surface area contributed by atoms with Gasteiger partial charge in [-0.25, -0.2) is 19.2 Å². The zero-order valence-corrected chi connectivity index (χ0v) is 16.2. The number of halogens is 1. The molecule has 7 heteroatoms. The minimum absolute atomic E-state index is 0.296. The van der Waals surface area contributed by atoms with Crippen LogP contribution in [0.25, 0.3) is 22.5 Å². The Balaban J connectivity index is 1.63. The number of hydrogen-bond acceptors (Lipinski definition) is 5. The Labute approximate surface area is 172 Å². The molecular formula is C23H18FN5O. The van der Waals surface area contributed by atoms with Gasteiger partial charge in [-0.3, -0.25) is 4.98 Å². The van der Waals surface area contributed by atoms with Gasteiger partial charge in [0.1, 0.15) is 5.82 Å². The summed E-state index contributed by atoms with van der Waals surface area (Å²) in [6.45, 7) is 1.87. The van der Waals surface area contributed by atoms with Crippen molar-refractivity contribution in [3.63, 3.8) is 0 Å². The fraction of sp³-hybridized carbons (Fsp3) is 0.0870. The lowest BCUT2D eigenvalue weighted by Gasteiger charge is -2.16. The highest BCUT2D eigenvalue weighted by molar-refractivity contribution is 6.09. The first-order valence-corrected chi connectivity index (χ1v) is 9.55. The third kappa shape index (κ3) is 3.35. The van der Waals surface area contributed by atoms with Crippen molar-refractivity contribution in [2.45, 2.75) is 13.2 Å². The molecule has 4 aromatic rings. The molecule has 30 heavy (non-hydrogen) atoms. The highest BCUT2D eigenvalue weighted by atomic mass is 19.1. The number of H-pyrrole nitrogens is 1. The first-order valence-electron chi connectivity index (χ1n) is 9.55. The molecule has 0 radical (unpaired) electrons. The van der Waals surface area contributed by atoms with Gasteiger partial charge >= 0.3 is 0 Å². The van der Waals surface area contributed by atoms with Gasteiger partial charge in [-0.1, -0.05) is 30.3 Å². The van der Waals surface area contributed by atoms with Crippen LogP contribution in [0.5, 0.6) is 0 Å². The summed E-state index contributed by atoms with van der Waals surface area (Å²) >= 11 is 0. The smallest absolute Gasteiger partial charge is 0.234 e. The number of aromatic amines is 1. The number of hydrogen-bond donors (Lipinski definition) is 1. The number of aliphatic imine (C=N–C) groups is 1. The summed E-state index contributed by atoms with van der Waals surface area (Å²) in [5.74, 6) is 0.868. The Bertz CT molecular complexity index is 1190. The van der Waals surface area contributed by atoms with E-state index in [2.05, 4.69) is 15.0 Å². The monoisotopic (exact) mass is 399 g/mol. The number of nitrogens with zero attached hydrogens (tertiary/aromatic N) is 4. The molecule has 5 rings (SSSR count). The number of aromatic nitrogens is 3. The van der Waals surface area contributed by atoms with Gasteiger partial charge in [0.05, 0.1) is 11.4 Å². The summed E-state index contributed by atoms with van der Waals surface area (Å²) in [5, 5.41) is 1.61. The molecule has 148 valence electrons. The Hall–Kier alpha value is -3.84. The van der Waals surface area contributed by atoms with E-state index in [1.807, 2.05) is 49.4 Å². The second-order valence-electron chi connectivity index (χ2n) is 6.84. The van der Waals surface area contributed by atoms with Crippen LogP contribution in [0.3, 0.4) is 0 Å². The predicted molar refractivity (Wildman–Crippen MR) is 113 cm³/mol. The molecule has 1 atom stereocenters. The summed E-state index contributed by atoms with van der Waals surface area (Å²) in [6, 6.07) is 19.8. The minimum atomic E-state index is -0.344. The fourth-order valence-corrected chi connectivity index (χ4v) is 3.38. The van der Waals surface area contributed by atoms with Gasteiger partial charge < -0.3 is 4.98 Å². The van der Waals surface area contributed by atoms with Crippen LogP contribution in [-0.4, -0.2) is 27.0 Å². The van der Waals surface area contributed by atoms with Crippen LogP contribution in [0, 0.1) is 5.82 Å². The molecule has 1 aliphatic rings. The topological polar surface area (TPSA) is 66.4 Å². The molecular weight excluding hydrogens is 381 g/mol. The van der Waals surface area contributed by atoms with Crippen LogP contribution in [0.4, 0.5) is 10.3 Å². The van der Waals surface area contributed by atoms with Crippen LogP contribution in [0.2, 0.25) is 0 Å². The number of pyridine rings is 1. The first kappa shape index (κ1) is 18.2. The van der Waals surface area contributed by atoms with Crippen molar-refractivity contribution in [1.29, 1.82) is 0 Å². The number of anilines is 1. The molecule has 0 spiro atoms. The van der Waals surface area contributed by atoms with E-state index in [1.165, 1.54) is 12.1 Å². The van der Waals surface area contributed by atoms with Crippen LogP contribution < -0.4 is 5.06 Å². The van der Waals surface area contributed by atoms with Gasteiger partial charge in [0.15, 0.2) is 12.1 Å². The van der Waals surface area contributed by atoms with Gasteiger partial charge in [-0.15, -0.1) is 0 Å². The van der Waals surface area contributed by atoms with Crippen molar-refractivity contribution in [3.8, 4) is 22.5 Å². The van der Waals surface area contributed by atoms with Crippen LogP contribution in [0.15, 0.2) is 84.1 Å². The van der Waals surface area contributed by atoms with E-state index >= 15 is 0 Å². The second-order valence-corrected chi connectivity index (χ2v) is 6.84. The average molecular weight is 399 g/mol. The SMILES string of the molecule is CC1N=C(c2ccccc2)N(c2nc(-c3ccc(F)cc3)c(-c3ccncc3)[nH]2)O1. The van der Waals surface area contributed by atoms with Crippen molar-refractivity contribution in [2.75, 3.05) is 5.06 Å². The Morgan fingerprint density at radius 3 is 2.37 bits per heavy atom. The molecule has 0 saturated carbocycles. The quantitative estimate of drug-likeness (QED) is 0.534. The lowest BCUT2D eigenvalue weighted by molar-refractivity contribution is 0.0980. The fourth-order valence-electron chi connectivity index (χ4n) is 3.38. The molecule has 0 amide bonds. The maximum atomic E-state index is 13.5. The molecule has 0 saturated heterocycles. The summed E-state index contributed by atoms with van der Waals surface area (Å²) in [5.41, 5.74) is 4.10. The predicted octanol–water partition coefficient (Wildman–Crippen LogP) is 4.82. The molecule has 3 heterocycles. The molecule has 0 fully saturated rings. The van der Waals surface area contributed by atoms with Gasteiger partial charge in [0, 0.05) is 29.1 Å². The molecule has 0 aliphatic carbocycles. The highest BCUT2D eigenvalue weighted by Crippen LogP contribution is 2.34. The van der Waals surface area contributed by atoms with Crippen molar-refractivity contribution in [2.24, 2.45) is 4.99 Å². The molecule has 6 nitrogen and oxygen atoms in total. The van der Waals surface area contributed by atoms with Crippen molar-refractivity contribution >= 4 is 11.8 Å². The van der Waals surface area contributed by atoms with E-state index in [-0.39, 0.29) is 12.0 Å². The van der Waals surface area contributed by atoms with E-state index in [0.29, 0.717) is 17.5 Å². The van der Waals surface area contributed by atoms with Crippen LogP contribution >= 0.6 is 0 Å². The van der Waals surface area contributed by atoms with E-state index in [0.717, 1.165) is 22.4 Å². The maximum Gasteiger partial charge on any atom is 0.234 e. The van der Waals surface area contributed by atoms with Crippen molar-refractivity contribution < 1.29 is 9.23 Å².